The number of rotatable bonds is 2. The number of nitrogens with one attached hydrogen (secondary N) is 1. The van der Waals surface area contributed by atoms with Crippen LogP contribution >= 0.6 is 11.6 Å². The molecule has 1 aromatic carbocycles. The molecule has 0 amide bonds. The number of nitriles is 1. The summed E-state index contributed by atoms with van der Waals surface area (Å²) in [5, 5.41) is 18.2. The third kappa shape index (κ3) is 2.56. The van der Waals surface area contributed by atoms with Crippen molar-refractivity contribution in [2.75, 3.05) is 11.0 Å². The highest BCUT2D eigenvalue weighted by atomic mass is 35.5. The van der Waals surface area contributed by atoms with Crippen molar-refractivity contribution in [3.05, 3.63) is 22.2 Å². The van der Waals surface area contributed by atoms with Gasteiger partial charge >= 0.3 is 0 Å². The molecule has 0 heterocycles. The lowest BCUT2D eigenvalue weighted by atomic mass is 10.1. The van der Waals surface area contributed by atoms with Gasteiger partial charge in [0.1, 0.15) is 16.8 Å². The summed E-state index contributed by atoms with van der Waals surface area (Å²) in [6.45, 7) is 1.55. The maximum atomic E-state index is 11.1. The van der Waals surface area contributed by atoms with Crippen LogP contribution in [-0.4, -0.2) is 19.8 Å². The molecule has 0 aliphatic carbocycles. The highest BCUT2D eigenvalue weighted by molar-refractivity contribution is 7.92. The van der Waals surface area contributed by atoms with Crippen LogP contribution in [0.5, 0.6) is 5.75 Å². The van der Waals surface area contributed by atoms with E-state index in [0.717, 1.165) is 6.26 Å². The van der Waals surface area contributed by atoms with Crippen LogP contribution in [0.3, 0.4) is 0 Å². The Labute approximate surface area is 98.3 Å². The average molecular weight is 261 g/mol. The van der Waals surface area contributed by atoms with Crippen molar-refractivity contribution in [1.29, 1.82) is 5.26 Å². The second-order valence-corrected chi connectivity index (χ2v) is 5.39. The first-order chi connectivity index (χ1) is 7.26. The van der Waals surface area contributed by atoms with Gasteiger partial charge < -0.3 is 5.11 Å². The predicted octanol–water partition coefficient (Wildman–Crippen LogP) is 1.60. The minimum Gasteiger partial charge on any atom is -0.506 e. The number of benzene rings is 1. The van der Waals surface area contributed by atoms with E-state index in [0.29, 0.717) is 5.56 Å². The van der Waals surface area contributed by atoms with Crippen molar-refractivity contribution < 1.29 is 13.5 Å². The summed E-state index contributed by atoms with van der Waals surface area (Å²) in [7, 11) is -3.50. The largest absolute Gasteiger partial charge is 0.506 e. The molecule has 1 rings (SSSR count). The Bertz CT molecular complexity index is 575. The summed E-state index contributed by atoms with van der Waals surface area (Å²) in [6.07, 6.45) is 0.963. The number of nitrogens with zero attached hydrogens (tertiary/aromatic N) is 1. The number of anilines is 1. The van der Waals surface area contributed by atoms with Crippen LogP contribution < -0.4 is 4.72 Å². The van der Waals surface area contributed by atoms with E-state index in [9.17, 15) is 13.5 Å². The molecule has 0 aromatic heterocycles. The van der Waals surface area contributed by atoms with E-state index < -0.39 is 10.0 Å². The molecular weight excluding hydrogens is 252 g/mol. The van der Waals surface area contributed by atoms with E-state index in [-0.39, 0.29) is 22.0 Å². The van der Waals surface area contributed by atoms with Gasteiger partial charge in [0.15, 0.2) is 0 Å². The topological polar surface area (TPSA) is 90.2 Å². The van der Waals surface area contributed by atoms with Crippen LogP contribution in [0.15, 0.2) is 6.07 Å². The maximum absolute atomic E-state index is 11.1. The van der Waals surface area contributed by atoms with Crippen LogP contribution in [0.1, 0.15) is 11.1 Å². The van der Waals surface area contributed by atoms with Gasteiger partial charge in [0, 0.05) is 0 Å². The number of sulfonamides is 1. The first-order valence-corrected chi connectivity index (χ1v) is 6.43. The van der Waals surface area contributed by atoms with Crippen molar-refractivity contribution >= 4 is 27.3 Å². The van der Waals surface area contributed by atoms with E-state index in [1.54, 1.807) is 13.0 Å². The standard InChI is InChI=1S/C9H9ClN2O3S/c1-5-3-7(12-16(2,14)15)6(4-11)8(10)9(5)13/h3,12-13H,1-2H3. The van der Waals surface area contributed by atoms with Crippen molar-refractivity contribution in [2.45, 2.75) is 6.92 Å². The maximum Gasteiger partial charge on any atom is 0.229 e. The lowest BCUT2D eigenvalue weighted by molar-refractivity contribution is 0.471. The van der Waals surface area contributed by atoms with Gasteiger partial charge in [-0.1, -0.05) is 11.6 Å². The van der Waals surface area contributed by atoms with Crippen molar-refractivity contribution in [2.24, 2.45) is 0 Å². The first kappa shape index (κ1) is 12.6. The van der Waals surface area contributed by atoms with Gasteiger partial charge in [-0.15, -0.1) is 0 Å². The molecule has 0 saturated heterocycles. The van der Waals surface area contributed by atoms with Crippen LogP contribution in [0.4, 0.5) is 5.69 Å². The zero-order valence-corrected chi connectivity index (χ0v) is 10.1. The minimum atomic E-state index is -3.50. The number of halogens is 1. The van der Waals surface area contributed by atoms with Gasteiger partial charge in [0.05, 0.1) is 17.5 Å². The fourth-order valence-corrected chi connectivity index (χ4v) is 2.01. The molecule has 0 spiro atoms. The summed E-state index contributed by atoms with van der Waals surface area (Å²) in [5.41, 5.74) is 0.343. The average Bonchev–Trinajstić information content (AvgIpc) is 2.12. The molecule has 0 radical (unpaired) electrons. The Morgan fingerprint density at radius 1 is 1.56 bits per heavy atom. The fraction of sp³-hybridized carbons (Fsp3) is 0.222. The third-order valence-electron chi connectivity index (χ3n) is 1.84. The summed E-state index contributed by atoms with van der Waals surface area (Å²) in [6, 6.07) is 3.08. The molecule has 5 nitrogen and oxygen atoms in total. The number of aromatic hydroxyl groups is 1. The molecule has 1 aromatic rings. The molecule has 0 fully saturated rings. The number of hydrogen-bond donors (Lipinski definition) is 2. The van der Waals surface area contributed by atoms with Gasteiger partial charge in [-0.3, -0.25) is 4.72 Å². The van der Waals surface area contributed by atoms with Gasteiger partial charge in [-0.2, -0.15) is 5.26 Å². The third-order valence-corrected chi connectivity index (χ3v) is 2.80. The molecule has 0 aliphatic rings. The zero-order valence-electron chi connectivity index (χ0n) is 8.57. The van der Waals surface area contributed by atoms with Crippen LogP contribution in [0.25, 0.3) is 0 Å². The molecule has 0 atom stereocenters. The SMILES string of the molecule is Cc1cc(NS(C)(=O)=O)c(C#N)c(Cl)c1O. The summed E-state index contributed by atoms with van der Waals surface area (Å²) in [5.74, 6) is -0.225. The number of aryl methyl sites for hydroxylation is 1. The van der Waals surface area contributed by atoms with E-state index >= 15 is 0 Å². The monoisotopic (exact) mass is 260 g/mol. The Hall–Kier alpha value is -1.45. The lowest BCUT2D eigenvalue weighted by Gasteiger charge is -2.10. The minimum absolute atomic E-state index is 0.0605. The molecule has 16 heavy (non-hydrogen) atoms. The summed E-state index contributed by atoms with van der Waals surface area (Å²) in [4.78, 5) is 0. The second-order valence-electron chi connectivity index (χ2n) is 3.26. The smallest absolute Gasteiger partial charge is 0.229 e. The number of phenolic OH excluding ortho intramolecular Hbond substituents is 1. The van der Waals surface area contributed by atoms with Crippen LogP contribution in [0.2, 0.25) is 5.02 Å². The second kappa shape index (κ2) is 4.20. The van der Waals surface area contributed by atoms with Crippen molar-refractivity contribution in [3.8, 4) is 11.8 Å². The molecule has 0 bridgehead atoms. The quantitative estimate of drug-likeness (QED) is 0.790. The van der Waals surface area contributed by atoms with E-state index in [1.165, 1.54) is 6.07 Å². The molecule has 0 saturated carbocycles. The normalized spacial score (nSPS) is 10.9. The molecule has 0 unspecified atom stereocenters. The molecule has 86 valence electrons. The van der Waals surface area contributed by atoms with E-state index in [2.05, 4.69) is 4.72 Å². The van der Waals surface area contributed by atoms with Crippen molar-refractivity contribution in [1.82, 2.24) is 0 Å². The Morgan fingerprint density at radius 2 is 2.12 bits per heavy atom. The number of phenols is 1. The van der Waals surface area contributed by atoms with Gasteiger partial charge in [-0.25, -0.2) is 8.42 Å². The van der Waals surface area contributed by atoms with Gasteiger partial charge in [-0.05, 0) is 18.6 Å². The highest BCUT2D eigenvalue weighted by Gasteiger charge is 2.16. The van der Waals surface area contributed by atoms with Crippen molar-refractivity contribution in [3.63, 3.8) is 0 Å². The fourth-order valence-electron chi connectivity index (χ4n) is 1.16. The Kier molecular flexibility index (Phi) is 3.31. The summed E-state index contributed by atoms with van der Waals surface area (Å²) >= 11 is 5.73. The van der Waals surface area contributed by atoms with E-state index in [1.807, 2.05) is 0 Å². The molecule has 0 aliphatic heterocycles. The molecular formula is C9H9ClN2O3S. The Balaban J connectivity index is 3.47. The molecule has 2 N–H and O–H groups in total. The van der Waals surface area contributed by atoms with E-state index in [4.69, 9.17) is 16.9 Å². The number of hydrogen-bond acceptors (Lipinski definition) is 4. The van der Waals surface area contributed by atoms with Gasteiger partial charge in [0.25, 0.3) is 0 Å². The predicted molar refractivity (Wildman–Crippen MR) is 61.0 cm³/mol. The van der Waals surface area contributed by atoms with Gasteiger partial charge in [0.2, 0.25) is 10.0 Å². The summed E-state index contributed by atoms with van der Waals surface area (Å²) < 4.78 is 24.3. The zero-order chi connectivity index (χ0) is 12.5. The first-order valence-electron chi connectivity index (χ1n) is 4.16. The highest BCUT2D eigenvalue weighted by Crippen LogP contribution is 2.35. The van der Waals surface area contributed by atoms with Crippen LogP contribution in [-0.2, 0) is 10.0 Å². The lowest BCUT2D eigenvalue weighted by Crippen LogP contribution is -2.11. The Morgan fingerprint density at radius 3 is 2.56 bits per heavy atom. The molecule has 7 heteroatoms. The van der Waals surface area contributed by atoms with Crippen LogP contribution in [0, 0.1) is 18.3 Å².